The minimum atomic E-state index is 0.121. The van der Waals surface area contributed by atoms with E-state index < -0.39 is 0 Å². The minimum absolute atomic E-state index is 0.121. The Morgan fingerprint density at radius 2 is 1.78 bits per heavy atom. The fraction of sp³-hybridized carbons (Fsp3) is 0.625. The van der Waals surface area contributed by atoms with Gasteiger partial charge in [-0.1, -0.05) is 50.1 Å². The SMILES string of the molecule is CCCCCN(C[C@@H](N)c1ccccc1)C(C)C. The van der Waals surface area contributed by atoms with Crippen molar-refractivity contribution in [1.29, 1.82) is 0 Å². The summed E-state index contributed by atoms with van der Waals surface area (Å²) in [5.41, 5.74) is 7.53. The topological polar surface area (TPSA) is 29.3 Å². The third-order valence-electron chi connectivity index (χ3n) is 3.44. The molecule has 1 aromatic rings. The molecular weight excluding hydrogens is 220 g/mol. The Hall–Kier alpha value is -0.860. The number of hydrogen-bond donors (Lipinski definition) is 1. The van der Waals surface area contributed by atoms with Crippen LogP contribution in [0.5, 0.6) is 0 Å². The van der Waals surface area contributed by atoms with Crippen LogP contribution in [0.25, 0.3) is 0 Å². The van der Waals surface area contributed by atoms with Crippen molar-refractivity contribution in [3.8, 4) is 0 Å². The lowest BCUT2D eigenvalue weighted by Gasteiger charge is -2.29. The molecule has 1 atom stereocenters. The van der Waals surface area contributed by atoms with Gasteiger partial charge in [0.25, 0.3) is 0 Å². The highest BCUT2D eigenvalue weighted by molar-refractivity contribution is 5.18. The fourth-order valence-electron chi connectivity index (χ4n) is 2.18. The van der Waals surface area contributed by atoms with Crippen molar-refractivity contribution in [3.63, 3.8) is 0 Å². The molecule has 1 aromatic carbocycles. The van der Waals surface area contributed by atoms with Crippen molar-refractivity contribution >= 4 is 0 Å². The van der Waals surface area contributed by atoms with Gasteiger partial charge in [-0.2, -0.15) is 0 Å². The first-order valence-corrected chi connectivity index (χ1v) is 7.19. The molecule has 0 radical (unpaired) electrons. The molecule has 0 heterocycles. The highest BCUT2D eigenvalue weighted by Crippen LogP contribution is 2.13. The average molecular weight is 248 g/mol. The summed E-state index contributed by atoms with van der Waals surface area (Å²) < 4.78 is 0. The van der Waals surface area contributed by atoms with Crippen molar-refractivity contribution in [3.05, 3.63) is 35.9 Å². The van der Waals surface area contributed by atoms with Crippen molar-refractivity contribution in [1.82, 2.24) is 4.90 Å². The van der Waals surface area contributed by atoms with Crippen LogP contribution in [0.2, 0.25) is 0 Å². The first-order valence-electron chi connectivity index (χ1n) is 7.19. The van der Waals surface area contributed by atoms with E-state index in [0.717, 1.165) is 13.1 Å². The van der Waals surface area contributed by atoms with E-state index >= 15 is 0 Å². The Labute approximate surface area is 112 Å². The van der Waals surface area contributed by atoms with E-state index in [0.29, 0.717) is 6.04 Å². The normalized spacial score (nSPS) is 13.2. The van der Waals surface area contributed by atoms with Gasteiger partial charge in [-0.25, -0.2) is 0 Å². The van der Waals surface area contributed by atoms with Gasteiger partial charge >= 0.3 is 0 Å². The largest absolute Gasteiger partial charge is 0.323 e. The molecule has 2 heteroatoms. The van der Waals surface area contributed by atoms with Crippen LogP contribution in [0.4, 0.5) is 0 Å². The van der Waals surface area contributed by atoms with Crippen LogP contribution in [-0.2, 0) is 0 Å². The maximum Gasteiger partial charge on any atom is 0.0424 e. The number of hydrogen-bond acceptors (Lipinski definition) is 2. The van der Waals surface area contributed by atoms with E-state index in [1.165, 1.54) is 24.8 Å². The number of nitrogens with zero attached hydrogens (tertiary/aromatic N) is 1. The van der Waals surface area contributed by atoms with Crippen molar-refractivity contribution in [2.24, 2.45) is 5.73 Å². The summed E-state index contributed by atoms with van der Waals surface area (Å²) in [5, 5.41) is 0. The average Bonchev–Trinajstić information content (AvgIpc) is 2.38. The second kappa shape index (κ2) is 8.28. The first-order chi connectivity index (χ1) is 8.65. The zero-order valence-electron chi connectivity index (χ0n) is 12.1. The second-order valence-electron chi connectivity index (χ2n) is 5.31. The molecule has 0 saturated carbocycles. The highest BCUT2D eigenvalue weighted by Gasteiger charge is 2.14. The van der Waals surface area contributed by atoms with Crippen LogP contribution < -0.4 is 5.73 Å². The molecular formula is C16H28N2. The van der Waals surface area contributed by atoms with Gasteiger partial charge in [0.05, 0.1) is 0 Å². The van der Waals surface area contributed by atoms with Crippen molar-refractivity contribution in [2.45, 2.75) is 52.1 Å². The van der Waals surface area contributed by atoms with Crippen LogP contribution >= 0.6 is 0 Å². The van der Waals surface area contributed by atoms with Gasteiger partial charge in [0.2, 0.25) is 0 Å². The van der Waals surface area contributed by atoms with E-state index in [1.54, 1.807) is 0 Å². The molecule has 0 bridgehead atoms. The standard InChI is InChI=1S/C16H28N2/c1-4-5-9-12-18(14(2)3)13-16(17)15-10-7-6-8-11-15/h6-8,10-11,14,16H,4-5,9,12-13,17H2,1-3H3/t16-/m1/s1. The molecule has 0 aromatic heterocycles. The van der Waals surface area contributed by atoms with E-state index in [2.05, 4.69) is 49.9 Å². The predicted molar refractivity (Wildman–Crippen MR) is 79.6 cm³/mol. The number of rotatable bonds is 8. The monoisotopic (exact) mass is 248 g/mol. The maximum absolute atomic E-state index is 6.30. The Balaban J connectivity index is 2.50. The van der Waals surface area contributed by atoms with Gasteiger partial charge in [-0.05, 0) is 32.4 Å². The molecule has 0 unspecified atom stereocenters. The van der Waals surface area contributed by atoms with Gasteiger partial charge in [0, 0.05) is 18.6 Å². The quantitative estimate of drug-likeness (QED) is 0.712. The molecule has 1 rings (SSSR count). The predicted octanol–water partition coefficient (Wildman–Crippen LogP) is 3.59. The molecule has 102 valence electrons. The van der Waals surface area contributed by atoms with Gasteiger partial charge < -0.3 is 5.73 Å². The van der Waals surface area contributed by atoms with Gasteiger partial charge in [0.1, 0.15) is 0 Å². The summed E-state index contributed by atoms with van der Waals surface area (Å²) in [6.07, 6.45) is 3.86. The van der Waals surface area contributed by atoms with E-state index in [1.807, 2.05) is 6.07 Å². The lowest BCUT2D eigenvalue weighted by molar-refractivity contribution is 0.204. The third-order valence-corrected chi connectivity index (χ3v) is 3.44. The minimum Gasteiger partial charge on any atom is -0.323 e. The first kappa shape index (κ1) is 15.2. The molecule has 2 nitrogen and oxygen atoms in total. The van der Waals surface area contributed by atoms with Crippen molar-refractivity contribution in [2.75, 3.05) is 13.1 Å². The summed E-state index contributed by atoms with van der Waals surface area (Å²) >= 11 is 0. The molecule has 0 saturated heterocycles. The number of unbranched alkanes of at least 4 members (excludes halogenated alkanes) is 2. The second-order valence-corrected chi connectivity index (χ2v) is 5.31. The number of benzene rings is 1. The number of nitrogens with two attached hydrogens (primary N) is 1. The molecule has 0 fully saturated rings. The van der Waals surface area contributed by atoms with E-state index in [9.17, 15) is 0 Å². The van der Waals surface area contributed by atoms with Crippen LogP contribution in [0.3, 0.4) is 0 Å². The lowest BCUT2D eigenvalue weighted by Crippen LogP contribution is -2.37. The molecule has 0 aliphatic rings. The third kappa shape index (κ3) is 5.19. The zero-order valence-corrected chi connectivity index (χ0v) is 12.1. The van der Waals surface area contributed by atoms with Crippen LogP contribution in [0, 0.1) is 0 Å². The summed E-state index contributed by atoms with van der Waals surface area (Å²) in [6.45, 7) is 8.86. The molecule has 0 spiro atoms. The molecule has 2 N–H and O–H groups in total. The molecule has 0 aliphatic carbocycles. The molecule has 0 aliphatic heterocycles. The Morgan fingerprint density at radius 3 is 2.33 bits per heavy atom. The van der Waals surface area contributed by atoms with Crippen LogP contribution in [0.1, 0.15) is 51.6 Å². The maximum atomic E-state index is 6.30. The van der Waals surface area contributed by atoms with Crippen LogP contribution in [0.15, 0.2) is 30.3 Å². The zero-order chi connectivity index (χ0) is 13.4. The Kier molecular flexibility index (Phi) is 6.99. The van der Waals surface area contributed by atoms with Gasteiger partial charge in [-0.3, -0.25) is 4.90 Å². The lowest BCUT2D eigenvalue weighted by atomic mass is 10.1. The summed E-state index contributed by atoms with van der Waals surface area (Å²) in [5.74, 6) is 0. The van der Waals surface area contributed by atoms with Gasteiger partial charge in [0.15, 0.2) is 0 Å². The van der Waals surface area contributed by atoms with Gasteiger partial charge in [-0.15, -0.1) is 0 Å². The molecule has 18 heavy (non-hydrogen) atoms. The van der Waals surface area contributed by atoms with E-state index in [4.69, 9.17) is 5.73 Å². The summed E-state index contributed by atoms with van der Waals surface area (Å²) in [6, 6.07) is 11.1. The Bertz CT molecular complexity index is 308. The van der Waals surface area contributed by atoms with Crippen molar-refractivity contribution < 1.29 is 0 Å². The van der Waals surface area contributed by atoms with E-state index in [-0.39, 0.29) is 6.04 Å². The molecule has 0 amide bonds. The smallest absolute Gasteiger partial charge is 0.0424 e. The summed E-state index contributed by atoms with van der Waals surface area (Å²) in [4.78, 5) is 2.49. The van der Waals surface area contributed by atoms with Crippen LogP contribution in [-0.4, -0.2) is 24.0 Å². The fourth-order valence-corrected chi connectivity index (χ4v) is 2.18. The highest BCUT2D eigenvalue weighted by atomic mass is 15.2. The Morgan fingerprint density at radius 1 is 1.11 bits per heavy atom. The summed E-state index contributed by atoms with van der Waals surface area (Å²) in [7, 11) is 0.